The molecule has 0 aliphatic carbocycles. The summed E-state index contributed by atoms with van der Waals surface area (Å²) in [5.41, 5.74) is -0.950. The van der Waals surface area contributed by atoms with Crippen LogP contribution >= 0.6 is 0 Å². The molecule has 0 aromatic heterocycles. The minimum atomic E-state index is -1.43. The average Bonchev–Trinajstić information content (AvgIpc) is 2.37. The zero-order chi connectivity index (χ0) is 16.0. The number of carbonyl (C=O) groups excluding carboxylic acids is 1. The Morgan fingerprint density at radius 3 is 2.38 bits per heavy atom. The van der Waals surface area contributed by atoms with E-state index >= 15 is 0 Å². The molecule has 21 heavy (non-hydrogen) atoms. The van der Waals surface area contributed by atoms with Gasteiger partial charge in [0.05, 0.1) is 18.7 Å². The van der Waals surface area contributed by atoms with E-state index in [1.165, 1.54) is 14.2 Å². The Labute approximate surface area is 120 Å². The number of aromatic carboxylic acids is 1. The van der Waals surface area contributed by atoms with Crippen molar-refractivity contribution in [3.8, 4) is 0 Å². The van der Waals surface area contributed by atoms with Gasteiger partial charge in [-0.25, -0.2) is 13.6 Å². The van der Waals surface area contributed by atoms with Crippen LogP contribution in [0, 0.1) is 11.6 Å². The maximum absolute atomic E-state index is 13.8. The van der Waals surface area contributed by atoms with E-state index in [1.807, 2.05) is 0 Å². The van der Waals surface area contributed by atoms with E-state index in [1.54, 1.807) is 0 Å². The molecule has 0 atom stereocenters. The number of likely N-dealkylation sites (N-methyl/N-ethyl adjacent to an activating group) is 1. The molecular weight excluding hydrogens is 286 g/mol. The fraction of sp³-hybridized carbons (Fsp3) is 0.385. The summed E-state index contributed by atoms with van der Waals surface area (Å²) in [6.07, 6.45) is 0. The molecular formula is C13H16F2N2O4. The van der Waals surface area contributed by atoms with Gasteiger partial charge in [-0.2, -0.15) is 0 Å². The number of nitrogens with one attached hydrogen (secondary N) is 1. The molecule has 0 aliphatic heterocycles. The van der Waals surface area contributed by atoms with Crippen LogP contribution in [0.15, 0.2) is 12.1 Å². The molecule has 0 spiro atoms. The summed E-state index contributed by atoms with van der Waals surface area (Å²) in [7, 11) is 2.81. The number of ether oxygens (including phenoxy) is 1. The molecule has 1 amide bonds. The zero-order valence-electron chi connectivity index (χ0n) is 11.7. The average molecular weight is 302 g/mol. The third-order valence-corrected chi connectivity index (χ3v) is 2.65. The molecule has 6 nitrogen and oxygen atoms in total. The van der Waals surface area contributed by atoms with Gasteiger partial charge in [-0.1, -0.05) is 0 Å². The van der Waals surface area contributed by atoms with Gasteiger partial charge in [0.2, 0.25) is 5.91 Å². The van der Waals surface area contributed by atoms with Crippen molar-refractivity contribution in [1.29, 1.82) is 0 Å². The highest BCUT2D eigenvalue weighted by Crippen LogP contribution is 2.24. The second-order valence-corrected chi connectivity index (χ2v) is 4.29. The van der Waals surface area contributed by atoms with Crippen molar-refractivity contribution in [2.24, 2.45) is 0 Å². The lowest BCUT2D eigenvalue weighted by atomic mass is 10.1. The molecule has 1 aromatic rings. The summed E-state index contributed by atoms with van der Waals surface area (Å²) < 4.78 is 32.3. The molecule has 2 N–H and O–H groups in total. The predicted molar refractivity (Wildman–Crippen MR) is 71.5 cm³/mol. The van der Waals surface area contributed by atoms with Crippen LogP contribution in [0.4, 0.5) is 14.5 Å². The smallest absolute Gasteiger partial charge is 0.335 e. The number of benzene rings is 1. The number of carboxylic acids is 1. The van der Waals surface area contributed by atoms with Crippen LogP contribution in [0.1, 0.15) is 10.4 Å². The molecule has 116 valence electrons. The molecule has 1 rings (SSSR count). The lowest BCUT2D eigenvalue weighted by Gasteiger charge is -2.20. The van der Waals surface area contributed by atoms with Gasteiger partial charge in [-0.3, -0.25) is 4.79 Å². The van der Waals surface area contributed by atoms with Crippen molar-refractivity contribution in [3.05, 3.63) is 29.3 Å². The highest BCUT2D eigenvalue weighted by Gasteiger charge is 2.19. The topological polar surface area (TPSA) is 78.9 Å². The standard InChI is InChI=1S/C13H16F2N2O4/c1-17(7-11(18)16-3-4-21-2)12-9(14)5-8(13(19)20)6-10(12)15/h5-6H,3-4,7H2,1-2H3,(H,16,18)(H,19,20). The number of halogens is 2. The quantitative estimate of drug-likeness (QED) is 0.730. The van der Waals surface area contributed by atoms with Gasteiger partial charge >= 0.3 is 5.97 Å². The Morgan fingerprint density at radius 2 is 1.90 bits per heavy atom. The van der Waals surface area contributed by atoms with Gasteiger partial charge in [0.15, 0.2) is 0 Å². The first-order chi connectivity index (χ1) is 9.86. The maximum atomic E-state index is 13.8. The first-order valence-electron chi connectivity index (χ1n) is 6.06. The molecule has 0 saturated heterocycles. The van der Waals surface area contributed by atoms with Crippen LogP contribution in [0.2, 0.25) is 0 Å². The van der Waals surface area contributed by atoms with E-state index in [2.05, 4.69) is 5.32 Å². The van der Waals surface area contributed by atoms with Crippen LogP contribution in [0.25, 0.3) is 0 Å². The maximum Gasteiger partial charge on any atom is 0.335 e. The van der Waals surface area contributed by atoms with E-state index in [0.29, 0.717) is 18.7 Å². The second kappa shape index (κ2) is 7.53. The second-order valence-electron chi connectivity index (χ2n) is 4.29. The SMILES string of the molecule is COCCNC(=O)CN(C)c1c(F)cc(C(=O)O)cc1F. The molecule has 0 aliphatic rings. The van der Waals surface area contributed by atoms with E-state index < -0.39 is 34.8 Å². The fourth-order valence-electron chi connectivity index (χ4n) is 1.70. The van der Waals surface area contributed by atoms with Crippen molar-refractivity contribution in [3.63, 3.8) is 0 Å². The van der Waals surface area contributed by atoms with E-state index in [0.717, 1.165) is 4.90 Å². The van der Waals surface area contributed by atoms with Crippen molar-refractivity contribution in [1.82, 2.24) is 5.32 Å². The molecule has 0 bridgehead atoms. The van der Waals surface area contributed by atoms with Gasteiger partial charge in [0.1, 0.15) is 17.3 Å². The predicted octanol–water partition coefficient (Wildman–Crippen LogP) is 0.862. The Morgan fingerprint density at radius 1 is 1.33 bits per heavy atom. The number of anilines is 1. The molecule has 0 unspecified atom stereocenters. The Bertz CT molecular complexity index is 514. The molecule has 1 aromatic carbocycles. The Kier molecular flexibility index (Phi) is 6.04. The van der Waals surface area contributed by atoms with Gasteiger partial charge in [-0.05, 0) is 12.1 Å². The summed E-state index contributed by atoms with van der Waals surface area (Å²) in [6.45, 7) is 0.335. The summed E-state index contributed by atoms with van der Waals surface area (Å²) in [5.74, 6) is -3.95. The fourth-order valence-corrected chi connectivity index (χ4v) is 1.70. The van der Waals surface area contributed by atoms with Crippen LogP contribution in [0.5, 0.6) is 0 Å². The minimum Gasteiger partial charge on any atom is -0.478 e. The summed E-state index contributed by atoms with van der Waals surface area (Å²) in [5, 5.41) is 11.2. The third kappa shape index (κ3) is 4.67. The highest BCUT2D eigenvalue weighted by molar-refractivity contribution is 5.88. The number of nitrogens with zero attached hydrogens (tertiary/aromatic N) is 1. The number of carboxylic acid groups (broad SMARTS) is 1. The lowest BCUT2D eigenvalue weighted by Crippen LogP contribution is -2.37. The zero-order valence-corrected chi connectivity index (χ0v) is 11.7. The highest BCUT2D eigenvalue weighted by atomic mass is 19.1. The van der Waals surface area contributed by atoms with E-state index in [9.17, 15) is 18.4 Å². The lowest BCUT2D eigenvalue weighted by molar-refractivity contribution is -0.119. The molecule has 0 fully saturated rings. The number of rotatable bonds is 7. The number of amides is 1. The molecule has 8 heteroatoms. The number of hydrogen-bond acceptors (Lipinski definition) is 4. The van der Waals surface area contributed by atoms with E-state index in [-0.39, 0.29) is 13.1 Å². The van der Waals surface area contributed by atoms with Gasteiger partial charge in [0, 0.05) is 20.7 Å². The Balaban J connectivity index is 2.80. The first kappa shape index (κ1) is 16.8. The summed E-state index contributed by atoms with van der Waals surface area (Å²) >= 11 is 0. The monoisotopic (exact) mass is 302 g/mol. The van der Waals surface area contributed by atoms with Crippen LogP contribution in [-0.4, -0.2) is 50.8 Å². The Hall–Kier alpha value is -2.22. The van der Waals surface area contributed by atoms with Crippen molar-refractivity contribution >= 4 is 17.6 Å². The van der Waals surface area contributed by atoms with Gasteiger partial charge < -0.3 is 20.1 Å². The third-order valence-electron chi connectivity index (χ3n) is 2.65. The number of methoxy groups -OCH3 is 1. The summed E-state index contributed by atoms with van der Waals surface area (Å²) in [4.78, 5) is 23.3. The van der Waals surface area contributed by atoms with Crippen molar-refractivity contribution in [2.75, 3.05) is 38.8 Å². The van der Waals surface area contributed by atoms with Gasteiger partial charge in [0.25, 0.3) is 0 Å². The molecule has 0 radical (unpaired) electrons. The van der Waals surface area contributed by atoms with Crippen LogP contribution < -0.4 is 10.2 Å². The normalized spacial score (nSPS) is 10.3. The first-order valence-corrected chi connectivity index (χ1v) is 6.06. The largest absolute Gasteiger partial charge is 0.478 e. The van der Waals surface area contributed by atoms with Crippen LogP contribution in [-0.2, 0) is 9.53 Å². The van der Waals surface area contributed by atoms with Crippen molar-refractivity contribution < 1.29 is 28.2 Å². The van der Waals surface area contributed by atoms with Gasteiger partial charge in [-0.15, -0.1) is 0 Å². The number of carbonyl (C=O) groups is 2. The number of hydrogen-bond donors (Lipinski definition) is 2. The van der Waals surface area contributed by atoms with Crippen molar-refractivity contribution in [2.45, 2.75) is 0 Å². The molecule has 0 heterocycles. The van der Waals surface area contributed by atoms with E-state index in [4.69, 9.17) is 9.84 Å². The molecule has 0 saturated carbocycles. The minimum absolute atomic E-state index is 0.274. The summed E-state index contributed by atoms with van der Waals surface area (Å²) in [6, 6.07) is 1.42. The van der Waals surface area contributed by atoms with Crippen LogP contribution in [0.3, 0.4) is 0 Å².